The maximum absolute atomic E-state index is 11.9. The lowest BCUT2D eigenvalue weighted by atomic mass is 10.0. The van der Waals surface area contributed by atoms with Gasteiger partial charge in [-0.3, -0.25) is 4.79 Å². The molecule has 1 aliphatic rings. The highest BCUT2D eigenvalue weighted by Gasteiger charge is 2.22. The van der Waals surface area contributed by atoms with Crippen LogP contribution in [0.3, 0.4) is 0 Å². The standard InChI is InChI=1S/C14H20N2O/c1-11-5-3-4-6-13(11)15-14(17)9-12-7-8-16(2)10-12/h3-6,12H,7-10H2,1-2H3,(H,15,17). The van der Waals surface area contributed by atoms with Crippen molar-refractivity contribution in [2.75, 3.05) is 25.5 Å². The van der Waals surface area contributed by atoms with Gasteiger partial charge in [0.25, 0.3) is 0 Å². The monoisotopic (exact) mass is 232 g/mol. The van der Waals surface area contributed by atoms with Gasteiger partial charge in [-0.05, 0) is 44.5 Å². The predicted molar refractivity (Wildman–Crippen MR) is 70.0 cm³/mol. The van der Waals surface area contributed by atoms with Gasteiger partial charge in [-0.25, -0.2) is 0 Å². The number of rotatable bonds is 3. The number of aryl methyl sites for hydroxylation is 1. The molecule has 1 atom stereocenters. The van der Waals surface area contributed by atoms with E-state index in [9.17, 15) is 4.79 Å². The molecule has 1 aliphatic heterocycles. The number of carbonyl (C=O) groups is 1. The first kappa shape index (κ1) is 12.1. The van der Waals surface area contributed by atoms with E-state index in [1.807, 2.05) is 31.2 Å². The Morgan fingerprint density at radius 3 is 2.88 bits per heavy atom. The number of anilines is 1. The number of para-hydroxylation sites is 1. The third-order valence-corrected chi connectivity index (χ3v) is 3.38. The molecule has 0 spiro atoms. The fraction of sp³-hybridized carbons (Fsp3) is 0.500. The van der Waals surface area contributed by atoms with Crippen molar-refractivity contribution in [1.82, 2.24) is 4.90 Å². The molecule has 1 aromatic carbocycles. The van der Waals surface area contributed by atoms with E-state index in [0.717, 1.165) is 30.8 Å². The average molecular weight is 232 g/mol. The van der Waals surface area contributed by atoms with Crippen molar-refractivity contribution in [3.05, 3.63) is 29.8 Å². The van der Waals surface area contributed by atoms with Crippen molar-refractivity contribution in [2.45, 2.75) is 19.8 Å². The van der Waals surface area contributed by atoms with Crippen molar-refractivity contribution < 1.29 is 4.79 Å². The maximum Gasteiger partial charge on any atom is 0.224 e. The maximum atomic E-state index is 11.9. The van der Waals surface area contributed by atoms with Crippen LogP contribution >= 0.6 is 0 Å². The zero-order chi connectivity index (χ0) is 12.3. The second-order valence-electron chi connectivity index (χ2n) is 4.98. The highest BCUT2D eigenvalue weighted by Crippen LogP contribution is 2.19. The zero-order valence-electron chi connectivity index (χ0n) is 10.6. The van der Waals surface area contributed by atoms with Crippen LogP contribution in [0.25, 0.3) is 0 Å². The number of benzene rings is 1. The molecular weight excluding hydrogens is 212 g/mol. The molecule has 1 unspecified atom stereocenters. The lowest BCUT2D eigenvalue weighted by molar-refractivity contribution is -0.117. The molecule has 0 aromatic heterocycles. The van der Waals surface area contributed by atoms with Crippen LogP contribution < -0.4 is 5.32 Å². The largest absolute Gasteiger partial charge is 0.326 e. The summed E-state index contributed by atoms with van der Waals surface area (Å²) >= 11 is 0. The number of hydrogen-bond donors (Lipinski definition) is 1. The van der Waals surface area contributed by atoms with Gasteiger partial charge in [0.05, 0.1) is 0 Å². The summed E-state index contributed by atoms with van der Waals surface area (Å²) in [5.74, 6) is 0.656. The molecule has 1 saturated heterocycles. The first-order valence-corrected chi connectivity index (χ1v) is 6.19. The number of carbonyl (C=O) groups excluding carboxylic acids is 1. The quantitative estimate of drug-likeness (QED) is 0.867. The topological polar surface area (TPSA) is 32.3 Å². The Kier molecular flexibility index (Phi) is 3.79. The Morgan fingerprint density at radius 1 is 1.47 bits per heavy atom. The van der Waals surface area contributed by atoms with Crippen molar-refractivity contribution in [3.63, 3.8) is 0 Å². The summed E-state index contributed by atoms with van der Waals surface area (Å²) in [6.07, 6.45) is 1.77. The van der Waals surface area contributed by atoms with Gasteiger partial charge in [0, 0.05) is 18.7 Å². The van der Waals surface area contributed by atoms with Crippen LogP contribution in [0.1, 0.15) is 18.4 Å². The second-order valence-corrected chi connectivity index (χ2v) is 4.98. The summed E-state index contributed by atoms with van der Waals surface area (Å²) < 4.78 is 0. The molecule has 1 aromatic rings. The highest BCUT2D eigenvalue weighted by molar-refractivity contribution is 5.91. The number of hydrogen-bond acceptors (Lipinski definition) is 2. The number of likely N-dealkylation sites (tertiary alicyclic amines) is 1. The van der Waals surface area contributed by atoms with Gasteiger partial charge in [-0.2, -0.15) is 0 Å². The van der Waals surface area contributed by atoms with E-state index in [0.29, 0.717) is 12.3 Å². The Balaban J connectivity index is 1.87. The third kappa shape index (κ3) is 3.30. The van der Waals surface area contributed by atoms with Crippen LogP contribution in [0.4, 0.5) is 5.69 Å². The first-order valence-electron chi connectivity index (χ1n) is 6.19. The summed E-state index contributed by atoms with van der Waals surface area (Å²) in [4.78, 5) is 14.2. The van der Waals surface area contributed by atoms with E-state index in [-0.39, 0.29) is 5.91 Å². The van der Waals surface area contributed by atoms with Gasteiger partial charge in [0.15, 0.2) is 0 Å². The van der Waals surface area contributed by atoms with Crippen LogP contribution in [-0.2, 0) is 4.79 Å². The smallest absolute Gasteiger partial charge is 0.224 e. The average Bonchev–Trinajstić information content (AvgIpc) is 2.67. The predicted octanol–water partition coefficient (Wildman–Crippen LogP) is 2.28. The van der Waals surface area contributed by atoms with E-state index < -0.39 is 0 Å². The van der Waals surface area contributed by atoms with E-state index >= 15 is 0 Å². The molecular formula is C14H20N2O. The SMILES string of the molecule is Cc1ccccc1NC(=O)CC1CCN(C)C1. The van der Waals surface area contributed by atoms with E-state index in [1.165, 1.54) is 0 Å². The minimum Gasteiger partial charge on any atom is -0.326 e. The fourth-order valence-corrected chi connectivity index (χ4v) is 2.37. The summed E-state index contributed by atoms with van der Waals surface area (Å²) in [5, 5.41) is 2.99. The molecule has 0 radical (unpaired) electrons. The number of nitrogens with zero attached hydrogens (tertiary/aromatic N) is 1. The van der Waals surface area contributed by atoms with Gasteiger partial charge in [0.1, 0.15) is 0 Å². The van der Waals surface area contributed by atoms with Crippen LogP contribution in [0.15, 0.2) is 24.3 Å². The van der Waals surface area contributed by atoms with Gasteiger partial charge in [-0.15, -0.1) is 0 Å². The highest BCUT2D eigenvalue weighted by atomic mass is 16.1. The minimum absolute atomic E-state index is 0.139. The molecule has 0 aliphatic carbocycles. The molecule has 1 heterocycles. The summed E-state index contributed by atoms with van der Waals surface area (Å²) in [6.45, 7) is 4.17. The molecule has 0 bridgehead atoms. The normalized spacial score (nSPS) is 20.5. The Labute approximate surface area is 103 Å². The van der Waals surface area contributed by atoms with Crippen LogP contribution in [0, 0.1) is 12.8 Å². The summed E-state index contributed by atoms with van der Waals surface area (Å²) in [6, 6.07) is 7.90. The van der Waals surface area contributed by atoms with Gasteiger partial charge >= 0.3 is 0 Å². The van der Waals surface area contributed by atoms with E-state index in [2.05, 4.69) is 17.3 Å². The van der Waals surface area contributed by atoms with Gasteiger partial charge in [-0.1, -0.05) is 18.2 Å². The minimum atomic E-state index is 0.139. The van der Waals surface area contributed by atoms with Crippen LogP contribution in [-0.4, -0.2) is 30.9 Å². The molecule has 1 amide bonds. The Bertz CT molecular complexity index is 403. The van der Waals surface area contributed by atoms with Gasteiger partial charge in [0.2, 0.25) is 5.91 Å². The second kappa shape index (κ2) is 5.32. The zero-order valence-corrected chi connectivity index (χ0v) is 10.6. The first-order chi connectivity index (χ1) is 8.15. The van der Waals surface area contributed by atoms with Crippen LogP contribution in [0.2, 0.25) is 0 Å². The van der Waals surface area contributed by atoms with Gasteiger partial charge < -0.3 is 10.2 Å². The number of amides is 1. The molecule has 92 valence electrons. The molecule has 1 N–H and O–H groups in total. The van der Waals surface area contributed by atoms with Crippen molar-refractivity contribution in [3.8, 4) is 0 Å². The van der Waals surface area contributed by atoms with Crippen molar-refractivity contribution in [1.29, 1.82) is 0 Å². The molecule has 3 nitrogen and oxygen atoms in total. The lowest BCUT2D eigenvalue weighted by Gasteiger charge is -2.12. The Morgan fingerprint density at radius 2 is 2.24 bits per heavy atom. The lowest BCUT2D eigenvalue weighted by Crippen LogP contribution is -2.19. The summed E-state index contributed by atoms with van der Waals surface area (Å²) in [7, 11) is 2.11. The fourth-order valence-electron chi connectivity index (χ4n) is 2.37. The van der Waals surface area contributed by atoms with Crippen molar-refractivity contribution in [2.24, 2.45) is 5.92 Å². The molecule has 0 saturated carbocycles. The van der Waals surface area contributed by atoms with E-state index in [4.69, 9.17) is 0 Å². The molecule has 17 heavy (non-hydrogen) atoms. The van der Waals surface area contributed by atoms with Crippen molar-refractivity contribution >= 4 is 11.6 Å². The third-order valence-electron chi connectivity index (χ3n) is 3.38. The number of nitrogens with one attached hydrogen (secondary N) is 1. The molecule has 2 rings (SSSR count). The summed E-state index contributed by atoms with van der Waals surface area (Å²) in [5.41, 5.74) is 2.05. The molecule has 3 heteroatoms. The molecule has 1 fully saturated rings. The van der Waals surface area contributed by atoms with Crippen LogP contribution in [0.5, 0.6) is 0 Å². The van der Waals surface area contributed by atoms with E-state index in [1.54, 1.807) is 0 Å². The Hall–Kier alpha value is -1.35.